The average molecular weight is 361 g/mol. The van der Waals surface area contributed by atoms with E-state index in [0.717, 1.165) is 18.0 Å². The van der Waals surface area contributed by atoms with Crippen molar-refractivity contribution in [2.45, 2.75) is 17.9 Å². The van der Waals surface area contributed by atoms with E-state index in [0.29, 0.717) is 24.6 Å². The molecule has 1 aliphatic rings. The Hall–Kier alpha value is -2.05. The maximum Gasteiger partial charge on any atom is 0.179 e. The fourth-order valence-electron chi connectivity index (χ4n) is 2.81. The predicted molar refractivity (Wildman–Crippen MR) is 97.0 cm³/mol. The van der Waals surface area contributed by atoms with Crippen molar-refractivity contribution in [3.63, 3.8) is 0 Å². The van der Waals surface area contributed by atoms with E-state index >= 15 is 0 Å². The van der Waals surface area contributed by atoms with Gasteiger partial charge in [0.05, 0.1) is 10.6 Å². The van der Waals surface area contributed by atoms with Gasteiger partial charge in [-0.05, 0) is 30.8 Å². The molecule has 1 aliphatic heterocycles. The standard InChI is InChI=1S/C19H23NO4S/c1-2-20(12-13-25(21,22)17-8-4-3-5-9-17)14-16-15-23-18-10-6-7-11-19(18)24-16/h3-11,16H,2,12-15H2,1H3. The number of hydrogen-bond donors (Lipinski definition) is 0. The lowest BCUT2D eigenvalue weighted by atomic mass is 10.2. The SMILES string of the molecule is CCN(CCS(=O)(=O)c1ccccc1)CC1COc2ccccc2O1. The predicted octanol–water partition coefficient (Wildman–Crippen LogP) is 2.62. The van der Waals surface area contributed by atoms with Gasteiger partial charge >= 0.3 is 0 Å². The molecule has 0 N–H and O–H groups in total. The second-order valence-corrected chi connectivity index (χ2v) is 8.13. The summed E-state index contributed by atoms with van der Waals surface area (Å²) < 4.78 is 36.5. The zero-order chi connectivity index (χ0) is 17.7. The molecule has 0 fully saturated rings. The third-order valence-corrected chi connectivity index (χ3v) is 5.97. The summed E-state index contributed by atoms with van der Waals surface area (Å²) in [4.78, 5) is 2.46. The van der Waals surface area contributed by atoms with Crippen LogP contribution in [0, 0.1) is 0 Å². The van der Waals surface area contributed by atoms with E-state index in [1.54, 1.807) is 24.3 Å². The van der Waals surface area contributed by atoms with Crippen LogP contribution in [0.2, 0.25) is 0 Å². The molecular weight excluding hydrogens is 338 g/mol. The van der Waals surface area contributed by atoms with Crippen molar-refractivity contribution in [3.05, 3.63) is 54.6 Å². The van der Waals surface area contributed by atoms with Crippen molar-refractivity contribution < 1.29 is 17.9 Å². The maximum absolute atomic E-state index is 12.4. The van der Waals surface area contributed by atoms with Gasteiger partial charge in [0.25, 0.3) is 0 Å². The second-order valence-electron chi connectivity index (χ2n) is 6.02. The van der Waals surface area contributed by atoms with Crippen molar-refractivity contribution in [1.82, 2.24) is 4.90 Å². The molecule has 1 heterocycles. The van der Waals surface area contributed by atoms with Crippen LogP contribution in [0.5, 0.6) is 11.5 Å². The van der Waals surface area contributed by atoms with Crippen LogP contribution < -0.4 is 9.47 Å². The first-order valence-corrected chi connectivity index (χ1v) is 10.1. The van der Waals surface area contributed by atoms with Crippen molar-refractivity contribution in [1.29, 1.82) is 0 Å². The van der Waals surface area contributed by atoms with E-state index in [1.165, 1.54) is 0 Å². The minimum absolute atomic E-state index is 0.0923. The van der Waals surface area contributed by atoms with Crippen LogP contribution in [-0.2, 0) is 9.84 Å². The molecule has 1 atom stereocenters. The average Bonchev–Trinajstić information content (AvgIpc) is 2.65. The lowest BCUT2D eigenvalue weighted by Crippen LogP contribution is -2.42. The largest absolute Gasteiger partial charge is 0.486 e. The van der Waals surface area contributed by atoms with Gasteiger partial charge in [-0.2, -0.15) is 0 Å². The summed E-state index contributed by atoms with van der Waals surface area (Å²) in [6.07, 6.45) is -0.103. The number of fused-ring (bicyclic) bond motifs is 1. The smallest absolute Gasteiger partial charge is 0.179 e. The molecule has 0 bridgehead atoms. The fraction of sp³-hybridized carbons (Fsp3) is 0.368. The summed E-state index contributed by atoms with van der Waals surface area (Å²) in [5, 5.41) is 0. The van der Waals surface area contributed by atoms with E-state index in [2.05, 4.69) is 4.90 Å². The molecule has 2 aromatic rings. The molecular formula is C19H23NO4S. The van der Waals surface area contributed by atoms with Gasteiger partial charge in [0, 0.05) is 13.1 Å². The normalized spacial score (nSPS) is 16.8. The molecule has 134 valence electrons. The summed E-state index contributed by atoms with van der Waals surface area (Å²) in [7, 11) is -3.27. The van der Waals surface area contributed by atoms with Gasteiger partial charge in [-0.3, -0.25) is 4.90 Å². The molecule has 0 amide bonds. The highest BCUT2D eigenvalue weighted by molar-refractivity contribution is 7.91. The van der Waals surface area contributed by atoms with Crippen LogP contribution in [0.15, 0.2) is 59.5 Å². The summed E-state index contributed by atoms with van der Waals surface area (Å²) in [6.45, 7) is 4.35. The third-order valence-electron chi connectivity index (χ3n) is 4.26. The molecule has 3 rings (SSSR count). The Morgan fingerprint density at radius 1 is 1.04 bits per heavy atom. The Labute approximate surface area is 149 Å². The number of hydrogen-bond acceptors (Lipinski definition) is 5. The molecule has 1 unspecified atom stereocenters. The van der Waals surface area contributed by atoms with Gasteiger partial charge in [0.15, 0.2) is 21.3 Å². The topological polar surface area (TPSA) is 55.8 Å². The molecule has 2 aromatic carbocycles. The molecule has 0 aromatic heterocycles. The highest BCUT2D eigenvalue weighted by Gasteiger charge is 2.23. The quantitative estimate of drug-likeness (QED) is 0.759. The molecule has 0 saturated heterocycles. The first kappa shape index (κ1) is 17.8. The first-order valence-electron chi connectivity index (χ1n) is 8.47. The number of benzene rings is 2. The lowest BCUT2D eigenvalue weighted by Gasteiger charge is -2.30. The number of rotatable bonds is 7. The Bertz CT molecular complexity index is 792. The highest BCUT2D eigenvalue weighted by atomic mass is 32.2. The van der Waals surface area contributed by atoms with E-state index in [-0.39, 0.29) is 11.9 Å². The lowest BCUT2D eigenvalue weighted by molar-refractivity contribution is 0.0617. The number of sulfone groups is 1. The highest BCUT2D eigenvalue weighted by Crippen LogP contribution is 2.31. The fourth-order valence-corrected chi connectivity index (χ4v) is 4.12. The van der Waals surface area contributed by atoms with E-state index in [9.17, 15) is 8.42 Å². The van der Waals surface area contributed by atoms with Crippen LogP contribution in [0.4, 0.5) is 0 Å². The minimum atomic E-state index is -3.27. The van der Waals surface area contributed by atoms with Crippen LogP contribution >= 0.6 is 0 Å². The van der Waals surface area contributed by atoms with Crippen molar-refractivity contribution in [2.75, 3.05) is 32.0 Å². The third kappa shape index (κ3) is 4.52. The Kier molecular flexibility index (Phi) is 5.60. The molecule has 0 aliphatic carbocycles. The van der Waals surface area contributed by atoms with Crippen molar-refractivity contribution in [3.8, 4) is 11.5 Å². The van der Waals surface area contributed by atoms with Gasteiger partial charge < -0.3 is 9.47 Å². The molecule has 0 saturated carbocycles. The van der Waals surface area contributed by atoms with Gasteiger partial charge in [-0.25, -0.2) is 8.42 Å². The molecule has 0 spiro atoms. The number of nitrogens with zero attached hydrogens (tertiary/aromatic N) is 1. The zero-order valence-electron chi connectivity index (χ0n) is 14.3. The number of para-hydroxylation sites is 2. The van der Waals surface area contributed by atoms with Crippen LogP contribution in [0.3, 0.4) is 0 Å². The zero-order valence-corrected chi connectivity index (χ0v) is 15.1. The molecule has 5 nitrogen and oxygen atoms in total. The number of likely N-dealkylation sites (N-methyl/N-ethyl adjacent to an activating group) is 1. The number of ether oxygens (including phenoxy) is 2. The van der Waals surface area contributed by atoms with E-state index in [4.69, 9.17) is 9.47 Å². The molecule has 25 heavy (non-hydrogen) atoms. The maximum atomic E-state index is 12.4. The van der Waals surface area contributed by atoms with Gasteiger partial charge in [-0.15, -0.1) is 0 Å². The van der Waals surface area contributed by atoms with Gasteiger partial charge in [0.2, 0.25) is 0 Å². The summed E-state index contributed by atoms with van der Waals surface area (Å²) in [5.41, 5.74) is 0. The van der Waals surface area contributed by atoms with Crippen LogP contribution in [-0.4, -0.2) is 51.4 Å². The monoisotopic (exact) mass is 361 g/mol. The Balaban J connectivity index is 1.57. The summed E-state index contributed by atoms with van der Waals surface area (Å²) >= 11 is 0. The van der Waals surface area contributed by atoms with Crippen LogP contribution in [0.1, 0.15) is 6.92 Å². The summed E-state index contributed by atoms with van der Waals surface area (Å²) in [6, 6.07) is 16.2. The minimum Gasteiger partial charge on any atom is -0.486 e. The second kappa shape index (κ2) is 7.89. The van der Waals surface area contributed by atoms with Gasteiger partial charge in [0.1, 0.15) is 12.7 Å². The molecule has 6 heteroatoms. The first-order chi connectivity index (χ1) is 12.1. The molecule has 0 radical (unpaired) electrons. The van der Waals surface area contributed by atoms with Crippen molar-refractivity contribution >= 4 is 9.84 Å². The Morgan fingerprint density at radius 2 is 1.72 bits per heavy atom. The van der Waals surface area contributed by atoms with Crippen LogP contribution in [0.25, 0.3) is 0 Å². The van der Waals surface area contributed by atoms with E-state index < -0.39 is 9.84 Å². The Morgan fingerprint density at radius 3 is 2.44 bits per heavy atom. The summed E-state index contributed by atoms with van der Waals surface area (Å²) in [5.74, 6) is 1.59. The van der Waals surface area contributed by atoms with Crippen molar-refractivity contribution in [2.24, 2.45) is 0 Å². The van der Waals surface area contributed by atoms with E-state index in [1.807, 2.05) is 37.3 Å². The van der Waals surface area contributed by atoms with Gasteiger partial charge in [-0.1, -0.05) is 37.3 Å².